The summed E-state index contributed by atoms with van der Waals surface area (Å²) in [6, 6.07) is 3.67. The third-order valence-electron chi connectivity index (χ3n) is 2.79. The van der Waals surface area contributed by atoms with Gasteiger partial charge in [-0.05, 0) is 22.0 Å². The van der Waals surface area contributed by atoms with E-state index in [9.17, 15) is 4.79 Å². The number of carboxylic acids is 1. The van der Waals surface area contributed by atoms with E-state index in [-0.39, 0.29) is 6.61 Å². The number of carbonyl (C=O) groups is 1. The van der Waals surface area contributed by atoms with E-state index in [0.29, 0.717) is 19.6 Å². The Kier molecular flexibility index (Phi) is 4.28. The summed E-state index contributed by atoms with van der Waals surface area (Å²) in [6.45, 7) is 0.497. The molecule has 0 aliphatic carbocycles. The number of carboxylic acid groups (broad SMARTS) is 1. The number of nitrogens with zero attached hydrogens (tertiary/aromatic N) is 1. The molecule has 7 heteroatoms. The molecule has 18 heavy (non-hydrogen) atoms. The minimum absolute atomic E-state index is 0.349. The van der Waals surface area contributed by atoms with Crippen LogP contribution in [0, 0.1) is 0 Å². The molecule has 0 amide bonds. The van der Waals surface area contributed by atoms with Gasteiger partial charge in [-0.15, -0.1) is 0 Å². The highest BCUT2D eigenvalue weighted by molar-refractivity contribution is 9.10. The molecule has 1 atom stereocenters. The van der Waals surface area contributed by atoms with Crippen LogP contribution in [0.2, 0.25) is 0 Å². The van der Waals surface area contributed by atoms with Crippen LogP contribution in [-0.4, -0.2) is 35.8 Å². The molecule has 1 unspecified atom stereocenters. The van der Waals surface area contributed by atoms with E-state index < -0.39 is 11.6 Å². The van der Waals surface area contributed by atoms with Gasteiger partial charge in [0.05, 0.1) is 13.2 Å². The van der Waals surface area contributed by atoms with Crippen LogP contribution in [0.3, 0.4) is 0 Å². The number of rotatable bonds is 4. The average molecular weight is 317 g/mol. The van der Waals surface area contributed by atoms with Gasteiger partial charge in [0.15, 0.2) is 0 Å². The zero-order valence-electron chi connectivity index (χ0n) is 9.56. The Hall–Kier alpha value is -1.02. The maximum Gasteiger partial charge on any atom is 0.329 e. The van der Waals surface area contributed by atoms with E-state index in [1.165, 1.54) is 0 Å². The molecule has 0 aromatic carbocycles. The lowest BCUT2D eigenvalue weighted by atomic mass is 9.91. The predicted molar refractivity (Wildman–Crippen MR) is 65.8 cm³/mol. The van der Waals surface area contributed by atoms with Gasteiger partial charge in [0, 0.05) is 18.2 Å². The first kappa shape index (κ1) is 13.4. The summed E-state index contributed by atoms with van der Waals surface area (Å²) < 4.78 is 6.28. The smallest absolute Gasteiger partial charge is 0.329 e. The van der Waals surface area contributed by atoms with Gasteiger partial charge in [-0.25, -0.2) is 9.78 Å². The number of hydrogen-bond donors (Lipinski definition) is 2. The molecule has 0 saturated carbocycles. The van der Waals surface area contributed by atoms with Crippen molar-refractivity contribution in [3.8, 4) is 0 Å². The molecule has 1 aliphatic heterocycles. The highest BCUT2D eigenvalue weighted by Crippen LogP contribution is 2.31. The van der Waals surface area contributed by atoms with Gasteiger partial charge in [-0.2, -0.15) is 5.48 Å². The van der Waals surface area contributed by atoms with E-state index >= 15 is 0 Å². The largest absolute Gasteiger partial charge is 0.480 e. The number of ether oxygens (including phenoxy) is 1. The molecular formula is C11H13BrN2O4. The fraction of sp³-hybridized carbons (Fsp3) is 0.455. The molecule has 1 saturated heterocycles. The third kappa shape index (κ3) is 3.05. The molecule has 98 valence electrons. The topological polar surface area (TPSA) is 80.7 Å². The first-order chi connectivity index (χ1) is 8.62. The first-order valence-electron chi connectivity index (χ1n) is 5.45. The second-order valence-corrected chi connectivity index (χ2v) is 4.78. The van der Waals surface area contributed by atoms with Gasteiger partial charge >= 0.3 is 5.97 Å². The molecular weight excluding hydrogens is 304 g/mol. The van der Waals surface area contributed by atoms with Crippen molar-refractivity contribution >= 4 is 21.9 Å². The molecule has 0 radical (unpaired) electrons. The normalized spacial score (nSPS) is 23.8. The molecule has 1 aliphatic rings. The Labute approximate surface area is 112 Å². The molecule has 1 aromatic rings. The molecule has 2 rings (SSSR count). The number of hydroxylamine groups is 1. The fourth-order valence-electron chi connectivity index (χ4n) is 1.84. The Morgan fingerprint density at radius 3 is 3.06 bits per heavy atom. The van der Waals surface area contributed by atoms with Crippen molar-refractivity contribution in [2.24, 2.45) is 0 Å². The maximum absolute atomic E-state index is 10.7. The summed E-state index contributed by atoms with van der Waals surface area (Å²) in [5.74, 6) is -0.995. The van der Waals surface area contributed by atoms with Gasteiger partial charge in [-0.1, -0.05) is 6.07 Å². The van der Waals surface area contributed by atoms with Crippen LogP contribution in [0.4, 0.5) is 0 Å². The molecule has 0 spiro atoms. The van der Waals surface area contributed by atoms with E-state index in [1.54, 1.807) is 12.3 Å². The van der Waals surface area contributed by atoms with Gasteiger partial charge < -0.3 is 14.7 Å². The van der Waals surface area contributed by atoms with E-state index in [2.05, 4.69) is 26.4 Å². The minimum Gasteiger partial charge on any atom is -0.480 e. The van der Waals surface area contributed by atoms with Crippen molar-refractivity contribution in [1.82, 2.24) is 10.5 Å². The van der Waals surface area contributed by atoms with Crippen molar-refractivity contribution < 1.29 is 19.5 Å². The lowest BCUT2D eigenvalue weighted by Crippen LogP contribution is -2.47. The van der Waals surface area contributed by atoms with Crippen molar-refractivity contribution in [2.75, 3.05) is 19.8 Å². The SMILES string of the molecule is O=C(O)COC1(c2ccc(Br)nc2)CCONC1. The van der Waals surface area contributed by atoms with Gasteiger partial charge in [0.1, 0.15) is 16.8 Å². The monoisotopic (exact) mass is 316 g/mol. The summed E-state index contributed by atoms with van der Waals surface area (Å²) in [7, 11) is 0. The molecule has 2 heterocycles. The third-order valence-corrected chi connectivity index (χ3v) is 3.26. The standard InChI is InChI=1S/C11H13BrN2O4/c12-9-2-1-8(5-13-9)11(17-6-10(15)16)3-4-18-14-7-11/h1-2,5,14H,3-4,6-7H2,(H,15,16). The van der Waals surface area contributed by atoms with Crippen LogP contribution in [0.1, 0.15) is 12.0 Å². The van der Waals surface area contributed by atoms with Crippen LogP contribution < -0.4 is 5.48 Å². The molecule has 2 N–H and O–H groups in total. The van der Waals surface area contributed by atoms with E-state index in [0.717, 1.165) is 10.2 Å². The zero-order valence-corrected chi connectivity index (χ0v) is 11.1. The van der Waals surface area contributed by atoms with Crippen molar-refractivity contribution in [2.45, 2.75) is 12.0 Å². The van der Waals surface area contributed by atoms with Crippen molar-refractivity contribution in [3.05, 3.63) is 28.5 Å². The minimum atomic E-state index is -0.995. The highest BCUT2D eigenvalue weighted by Gasteiger charge is 2.36. The lowest BCUT2D eigenvalue weighted by molar-refractivity contribution is -0.165. The first-order valence-corrected chi connectivity index (χ1v) is 6.24. The zero-order chi connectivity index (χ0) is 13.0. The lowest BCUT2D eigenvalue weighted by Gasteiger charge is -2.36. The van der Waals surface area contributed by atoms with Crippen LogP contribution in [0.5, 0.6) is 0 Å². The number of aliphatic carboxylic acids is 1. The fourth-order valence-corrected chi connectivity index (χ4v) is 2.08. The Morgan fingerprint density at radius 1 is 1.67 bits per heavy atom. The average Bonchev–Trinajstić information content (AvgIpc) is 2.38. The van der Waals surface area contributed by atoms with Crippen LogP contribution >= 0.6 is 15.9 Å². The number of halogens is 1. The summed E-state index contributed by atoms with van der Waals surface area (Å²) in [5.41, 5.74) is 2.89. The van der Waals surface area contributed by atoms with E-state index in [4.69, 9.17) is 14.7 Å². The van der Waals surface area contributed by atoms with Gasteiger partial charge in [0.2, 0.25) is 0 Å². The van der Waals surface area contributed by atoms with Crippen LogP contribution in [0.25, 0.3) is 0 Å². The quantitative estimate of drug-likeness (QED) is 0.809. The van der Waals surface area contributed by atoms with Crippen molar-refractivity contribution in [3.63, 3.8) is 0 Å². The van der Waals surface area contributed by atoms with Gasteiger partial charge in [-0.3, -0.25) is 0 Å². The van der Waals surface area contributed by atoms with E-state index in [1.807, 2.05) is 6.07 Å². The number of nitrogens with one attached hydrogen (secondary N) is 1. The number of aromatic nitrogens is 1. The maximum atomic E-state index is 10.7. The van der Waals surface area contributed by atoms with Crippen LogP contribution in [0.15, 0.2) is 22.9 Å². The molecule has 1 fully saturated rings. The number of pyridine rings is 1. The molecule has 0 bridgehead atoms. The molecule has 1 aromatic heterocycles. The second-order valence-electron chi connectivity index (χ2n) is 3.97. The van der Waals surface area contributed by atoms with Crippen LogP contribution in [-0.2, 0) is 20.0 Å². The predicted octanol–water partition coefficient (Wildman–Crippen LogP) is 1.07. The Bertz CT molecular complexity index is 418. The summed E-state index contributed by atoms with van der Waals surface area (Å²) in [5, 5.41) is 8.75. The number of hydrogen-bond acceptors (Lipinski definition) is 5. The summed E-state index contributed by atoms with van der Waals surface area (Å²) in [4.78, 5) is 19.9. The van der Waals surface area contributed by atoms with Crippen molar-refractivity contribution in [1.29, 1.82) is 0 Å². The molecule has 6 nitrogen and oxygen atoms in total. The summed E-state index contributed by atoms with van der Waals surface area (Å²) >= 11 is 3.26. The second kappa shape index (κ2) is 5.75. The summed E-state index contributed by atoms with van der Waals surface area (Å²) in [6.07, 6.45) is 2.26. The Balaban J connectivity index is 2.22. The Morgan fingerprint density at radius 2 is 2.50 bits per heavy atom. The highest BCUT2D eigenvalue weighted by atomic mass is 79.9. The van der Waals surface area contributed by atoms with Gasteiger partial charge in [0.25, 0.3) is 0 Å².